The van der Waals surface area contributed by atoms with Gasteiger partial charge in [-0.15, -0.1) is 0 Å². The van der Waals surface area contributed by atoms with Crippen molar-refractivity contribution < 1.29 is 19.5 Å². The van der Waals surface area contributed by atoms with Crippen LogP contribution in [0.15, 0.2) is 54.6 Å². The van der Waals surface area contributed by atoms with Gasteiger partial charge in [-0.05, 0) is 36.1 Å². The Morgan fingerprint density at radius 2 is 1.55 bits per heavy atom. The molecule has 0 atom stereocenters. The van der Waals surface area contributed by atoms with Gasteiger partial charge in [-0.1, -0.05) is 55.3 Å². The van der Waals surface area contributed by atoms with E-state index in [4.69, 9.17) is 5.11 Å². The van der Waals surface area contributed by atoms with Crippen molar-refractivity contribution in [1.82, 2.24) is 10.6 Å². The van der Waals surface area contributed by atoms with Gasteiger partial charge in [-0.3, -0.25) is 9.59 Å². The highest BCUT2D eigenvalue weighted by Crippen LogP contribution is 2.31. The summed E-state index contributed by atoms with van der Waals surface area (Å²) < 4.78 is 0. The van der Waals surface area contributed by atoms with E-state index in [1.54, 1.807) is 24.3 Å². The third-order valence-corrected chi connectivity index (χ3v) is 5.11. The van der Waals surface area contributed by atoms with E-state index < -0.39 is 11.5 Å². The highest BCUT2D eigenvalue weighted by atomic mass is 16.4. The fourth-order valence-corrected chi connectivity index (χ4v) is 3.56. The second kappa shape index (κ2) is 9.23. The van der Waals surface area contributed by atoms with Crippen molar-refractivity contribution in [3.8, 4) is 0 Å². The van der Waals surface area contributed by atoms with Crippen LogP contribution in [-0.4, -0.2) is 28.6 Å². The first-order valence-electron chi connectivity index (χ1n) is 9.69. The first-order valence-corrected chi connectivity index (χ1v) is 9.69. The molecule has 4 N–H and O–H groups in total. The Morgan fingerprint density at radius 3 is 2.17 bits per heavy atom. The second-order valence-corrected chi connectivity index (χ2v) is 7.30. The summed E-state index contributed by atoms with van der Waals surface area (Å²) >= 11 is 0. The maximum atomic E-state index is 13.0. The lowest BCUT2D eigenvalue weighted by molar-refractivity contribution is -0.136. The molecule has 7 nitrogen and oxygen atoms in total. The summed E-state index contributed by atoms with van der Waals surface area (Å²) in [6.45, 7) is 0.384. The fourth-order valence-electron chi connectivity index (χ4n) is 3.56. The molecule has 0 spiro atoms. The maximum absolute atomic E-state index is 13.0. The van der Waals surface area contributed by atoms with Gasteiger partial charge in [-0.2, -0.15) is 0 Å². The average Bonchev–Trinajstić information content (AvgIpc) is 3.18. The van der Waals surface area contributed by atoms with Crippen molar-refractivity contribution in [3.63, 3.8) is 0 Å². The molecule has 0 radical (unpaired) electrons. The number of urea groups is 1. The molecule has 1 aliphatic carbocycles. The normalized spacial score (nSPS) is 14.8. The molecule has 0 unspecified atom stereocenters. The largest absolute Gasteiger partial charge is 0.481 e. The Kier molecular flexibility index (Phi) is 6.49. The van der Waals surface area contributed by atoms with Gasteiger partial charge in [0, 0.05) is 12.2 Å². The summed E-state index contributed by atoms with van der Waals surface area (Å²) in [6.07, 6.45) is 2.82. The molecule has 1 aliphatic rings. The summed E-state index contributed by atoms with van der Waals surface area (Å²) in [4.78, 5) is 36.2. The van der Waals surface area contributed by atoms with Crippen LogP contribution in [0.2, 0.25) is 0 Å². The highest BCUT2D eigenvalue weighted by molar-refractivity contribution is 6.00. The predicted molar refractivity (Wildman–Crippen MR) is 109 cm³/mol. The number of hydrogen-bond acceptors (Lipinski definition) is 3. The van der Waals surface area contributed by atoms with E-state index >= 15 is 0 Å². The Hall–Kier alpha value is -3.35. The predicted octanol–water partition coefficient (Wildman–Crippen LogP) is 3.06. The summed E-state index contributed by atoms with van der Waals surface area (Å²) in [7, 11) is 0. The minimum Gasteiger partial charge on any atom is -0.481 e. The lowest BCUT2D eigenvalue weighted by Crippen LogP contribution is -2.57. The number of anilines is 1. The quantitative estimate of drug-likeness (QED) is 0.578. The van der Waals surface area contributed by atoms with Gasteiger partial charge in [-0.25, -0.2) is 4.79 Å². The Morgan fingerprint density at radius 1 is 0.897 bits per heavy atom. The zero-order chi connectivity index (χ0) is 20.7. The van der Waals surface area contributed by atoms with Crippen molar-refractivity contribution in [2.24, 2.45) is 0 Å². The van der Waals surface area contributed by atoms with Gasteiger partial charge in [0.15, 0.2) is 0 Å². The topological polar surface area (TPSA) is 108 Å². The van der Waals surface area contributed by atoms with Crippen LogP contribution in [0.1, 0.15) is 36.8 Å². The molecule has 3 amide bonds. The van der Waals surface area contributed by atoms with Crippen LogP contribution in [-0.2, 0) is 22.6 Å². The molecule has 2 aromatic carbocycles. The van der Waals surface area contributed by atoms with Crippen LogP contribution < -0.4 is 16.0 Å². The summed E-state index contributed by atoms with van der Waals surface area (Å²) in [5, 5.41) is 17.4. The molecule has 0 aliphatic heterocycles. The number of hydrogen-bond donors (Lipinski definition) is 4. The number of carboxylic acids is 1. The van der Waals surface area contributed by atoms with E-state index in [0.717, 1.165) is 18.4 Å². The number of carbonyl (C=O) groups is 3. The Labute approximate surface area is 169 Å². The molecule has 0 heterocycles. The maximum Gasteiger partial charge on any atom is 0.315 e. The minimum absolute atomic E-state index is 0.0681. The van der Waals surface area contributed by atoms with E-state index in [-0.39, 0.29) is 18.4 Å². The molecule has 7 heteroatoms. The zero-order valence-corrected chi connectivity index (χ0v) is 16.1. The second-order valence-electron chi connectivity index (χ2n) is 7.30. The van der Waals surface area contributed by atoms with Gasteiger partial charge in [0.2, 0.25) is 5.91 Å². The molecule has 29 heavy (non-hydrogen) atoms. The van der Waals surface area contributed by atoms with Crippen molar-refractivity contribution >= 4 is 23.6 Å². The van der Waals surface area contributed by atoms with E-state index in [0.29, 0.717) is 30.6 Å². The zero-order valence-electron chi connectivity index (χ0n) is 16.1. The van der Waals surface area contributed by atoms with Crippen molar-refractivity contribution in [2.45, 2.75) is 44.2 Å². The number of benzene rings is 2. The number of carbonyl (C=O) groups excluding carboxylic acids is 2. The number of carboxylic acid groups (broad SMARTS) is 1. The van der Waals surface area contributed by atoms with E-state index in [1.807, 2.05) is 30.3 Å². The molecule has 1 fully saturated rings. The van der Waals surface area contributed by atoms with Crippen LogP contribution in [0, 0.1) is 0 Å². The van der Waals surface area contributed by atoms with Crippen LogP contribution in [0.3, 0.4) is 0 Å². The van der Waals surface area contributed by atoms with Gasteiger partial charge < -0.3 is 21.1 Å². The lowest BCUT2D eigenvalue weighted by atomic mass is 9.96. The number of nitrogens with one attached hydrogen (secondary N) is 3. The average molecular weight is 395 g/mol. The van der Waals surface area contributed by atoms with E-state index in [1.165, 1.54) is 0 Å². The van der Waals surface area contributed by atoms with E-state index in [2.05, 4.69) is 16.0 Å². The van der Waals surface area contributed by atoms with Gasteiger partial charge in [0.1, 0.15) is 5.54 Å². The number of amides is 3. The molecule has 1 saturated carbocycles. The van der Waals surface area contributed by atoms with Crippen molar-refractivity contribution in [1.29, 1.82) is 0 Å². The molecule has 0 bridgehead atoms. The van der Waals surface area contributed by atoms with Crippen LogP contribution in [0.5, 0.6) is 0 Å². The summed E-state index contributed by atoms with van der Waals surface area (Å²) in [6, 6.07) is 15.9. The molecule has 152 valence electrons. The van der Waals surface area contributed by atoms with Crippen molar-refractivity contribution in [3.05, 3.63) is 65.7 Å². The first-order chi connectivity index (χ1) is 14.0. The molecular formula is C22H25N3O4. The lowest BCUT2D eigenvalue weighted by Gasteiger charge is -2.29. The molecule has 3 rings (SSSR count). The SMILES string of the molecule is O=C(O)Cc1ccc(NC(=O)C2(NC(=O)NCc3ccccc3)CCCC2)cc1. The number of rotatable bonds is 7. The van der Waals surface area contributed by atoms with Crippen LogP contribution in [0.4, 0.5) is 10.5 Å². The van der Waals surface area contributed by atoms with Crippen LogP contribution in [0.25, 0.3) is 0 Å². The van der Waals surface area contributed by atoms with Gasteiger partial charge in [0.25, 0.3) is 0 Å². The highest BCUT2D eigenvalue weighted by Gasteiger charge is 2.42. The van der Waals surface area contributed by atoms with Gasteiger partial charge >= 0.3 is 12.0 Å². The summed E-state index contributed by atoms with van der Waals surface area (Å²) in [5.74, 6) is -1.16. The third kappa shape index (κ3) is 5.57. The summed E-state index contributed by atoms with van der Waals surface area (Å²) in [5.41, 5.74) is 1.26. The monoisotopic (exact) mass is 395 g/mol. The third-order valence-electron chi connectivity index (χ3n) is 5.11. The van der Waals surface area contributed by atoms with Gasteiger partial charge in [0.05, 0.1) is 6.42 Å². The first kappa shape index (κ1) is 20.4. The smallest absolute Gasteiger partial charge is 0.315 e. The van der Waals surface area contributed by atoms with Crippen LogP contribution >= 0.6 is 0 Å². The molecular weight excluding hydrogens is 370 g/mol. The Balaban J connectivity index is 1.60. The standard InChI is InChI=1S/C22H25N3O4/c26-19(27)14-16-8-10-18(11-9-16)24-20(28)22(12-4-5-13-22)25-21(29)23-15-17-6-2-1-3-7-17/h1-3,6-11H,4-5,12-15H2,(H,24,28)(H,26,27)(H2,23,25,29). The molecule has 2 aromatic rings. The minimum atomic E-state index is -0.944. The molecule has 0 saturated heterocycles. The number of aliphatic carboxylic acids is 1. The van der Waals surface area contributed by atoms with Crippen molar-refractivity contribution in [2.75, 3.05) is 5.32 Å². The Bertz CT molecular complexity index is 859. The fraction of sp³-hybridized carbons (Fsp3) is 0.318. The molecule has 0 aromatic heterocycles. The van der Waals surface area contributed by atoms with E-state index in [9.17, 15) is 14.4 Å².